The van der Waals surface area contributed by atoms with Gasteiger partial charge in [0.15, 0.2) is 0 Å². The van der Waals surface area contributed by atoms with Crippen LogP contribution >= 0.6 is 11.8 Å². The number of rotatable bonds is 3. The Hall–Kier alpha value is -1.74. The topological polar surface area (TPSA) is 29.1 Å². The Bertz CT molecular complexity index is 498. The van der Waals surface area contributed by atoms with Gasteiger partial charge in [-0.25, -0.2) is 0 Å². The van der Waals surface area contributed by atoms with E-state index in [9.17, 15) is 4.79 Å². The van der Waals surface area contributed by atoms with Crippen molar-refractivity contribution in [3.8, 4) is 0 Å². The van der Waals surface area contributed by atoms with E-state index in [4.69, 9.17) is 0 Å². The second kappa shape index (κ2) is 6.26. The van der Waals surface area contributed by atoms with Crippen LogP contribution in [0.1, 0.15) is 18.5 Å². The van der Waals surface area contributed by atoms with E-state index < -0.39 is 0 Å². The highest BCUT2D eigenvalue weighted by Crippen LogP contribution is 2.20. The van der Waals surface area contributed by atoms with Crippen molar-refractivity contribution in [2.75, 3.05) is 0 Å². The van der Waals surface area contributed by atoms with Gasteiger partial charge in [-0.3, -0.25) is 4.79 Å². The number of benzene rings is 2. The predicted octanol–water partition coefficient (Wildman–Crippen LogP) is 4.25. The molecule has 0 radical (unpaired) electrons. The summed E-state index contributed by atoms with van der Waals surface area (Å²) in [4.78, 5) is 12.8. The predicted molar refractivity (Wildman–Crippen MR) is 75.7 cm³/mol. The molecule has 92 valence electrons. The largest absolute Gasteiger partial charge is 0.340 e. The zero-order chi connectivity index (χ0) is 12.8. The second-order valence-corrected chi connectivity index (χ2v) is 5.03. The summed E-state index contributed by atoms with van der Waals surface area (Å²) in [6.45, 7) is 1.98. The van der Waals surface area contributed by atoms with Crippen LogP contribution in [-0.2, 0) is 0 Å². The molecule has 1 atom stereocenters. The molecular formula is C15H15NOS. The van der Waals surface area contributed by atoms with Gasteiger partial charge in [-0.1, -0.05) is 48.5 Å². The molecule has 0 aliphatic carbocycles. The maximum absolute atomic E-state index is 11.8. The molecule has 2 aromatic rings. The lowest BCUT2D eigenvalue weighted by Crippen LogP contribution is -2.22. The van der Waals surface area contributed by atoms with Gasteiger partial charge in [-0.15, -0.1) is 0 Å². The molecule has 2 aromatic carbocycles. The Labute approximate surface area is 111 Å². The molecule has 18 heavy (non-hydrogen) atoms. The van der Waals surface area contributed by atoms with E-state index in [0.717, 1.165) is 10.5 Å². The lowest BCUT2D eigenvalue weighted by molar-refractivity contribution is 0.258. The minimum atomic E-state index is -0.0300. The number of hydrogen-bond acceptors (Lipinski definition) is 2. The molecule has 0 fully saturated rings. The molecule has 3 heteroatoms. The zero-order valence-electron chi connectivity index (χ0n) is 10.2. The fourth-order valence-electron chi connectivity index (χ4n) is 1.63. The highest BCUT2D eigenvalue weighted by Gasteiger charge is 2.09. The highest BCUT2D eigenvalue weighted by molar-refractivity contribution is 8.13. The monoisotopic (exact) mass is 257 g/mol. The summed E-state index contributed by atoms with van der Waals surface area (Å²) in [5, 5.41) is 2.94. The summed E-state index contributed by atoms with van der Waals surface area (Å²) in [6, 6.07) is 19.6. The van der Waals surface area contributed by atoms with E-state index in [1.807, 2.05) is 67.6 Å². The fourth-order valence-corrected chi connectivity index (χ4v) is 2.37. The third-order valence-electron chi connectivity index (χ3n) is 2.59. The Morgan fingerprint density at radius 1 is 1.00 bits per heavy atom. The molecule has 0 bridgehead atoms. The normalized spacial score (nSPS) is 11.8. The van der Waals surface area contributed by atoms with Crippen molar-refractivity contribution < 1.29 is 4.79 Å². The van der Waals surface area contributed by atoms with Gasteiger partial charge < -0.3 is 5.32 Å². The van der Waals surface area contributed by atoms with Crippen LogP contribution in [0.25, 0.3) is 0 Å². The number of carbonyl (C=O) groups is 1. The van der Waals surface area contributed by atoms with Gasteiger partial charge >= 0.3 is 0 Å². The molecular weight excluding hydrogens is 242 g/mol. The van der Waals surface area contributed by atoms with Crippen LogP contribution in [0.4, 0.5) is 4.79 Å². The van der Waals surface area contributed by atoms with Crippen molar-refractivity contribution in [1.29, 1.82) is 0 Å². The first-order chi connectivity index (χ1) is 8.75. The van der Waals surface area contributed by atoms with Crippen LogP contribution in [0.2, 0.25) is 0 Å². The third kappa shape index (κ3) is 3.64. The molecule has 0 saturated carbocycles. The lowest BCUT2D eigenvalue weighted by atomic mass is 10.1. The molecule has 1 N–H and O–H groups in total. The standard InChI is InChI=1S/C15H15NOS/c1-12(13-8-4-2-5-9-13)16-15(17)18-14-10-6-3-7-11-14/h2-12H,1H3,(H,16,17)/t12-/m0/s1. The lowest BCUT2D eigenvalue weighted by Gasteiger charge is -2.13. The minimum Gasteiger partial charge on any atom is -0.340 e. The van der Waals surface area contributed by atoms with E-state index in [1.165, 1.54) is 11.8 Å². The Balaban J connectivity index is 1.92. The van der Waals surface area contributed by atoms with Gasteiger partial charge in [0, 0.05) is 4.90 Å². The number of carbonyl (C=O) groups excluding carboxylic acids is 1. The summed E-state index contributed by atoms with van der Waals surface area (Å²) in [6.07, 6.45) is 0. The van der Waals surface area contributed by atoms with Gasteiger partial charge in [0.2, 0.25) is 0 Å². The summed E-state index contributed by atoms with van der Waals surface area (Å²) < 4.78 is 0. The van der Waals surface area contributed by atoms with Crippen LogP contribution in [0.15, 0.2) is 65.6 Å². The first-order valence-corrected chi connectivity index (χ1v) is 6.65. The molecule has 0 saturated heterocycles. The second-order valence-electron chi connectivity index (χ2n) is 3.98. The van der Waals surface area contributed by atoms with E-state index in [0.29, 0.717) is 0 Å². The Morgan fingerprint density at radius 3 is 2.17 bits per heavy atom. The third-order valence-corrected chi connectivity index (χ3v) is 3.40. The SMILES string of the molecule is C[C@H](NC(=O)Sc1ccccc1)c1ccccc1. The first-order valence-electron chi connectivity index (χ1n) is 5.84. The minimum absolute atomic E-state index is 0.0231. The molecule has 0 heterocycles. The molecule has 2 rings (SSSR count). The van der Waals surface area contributed by atoms with Gasteiger partial charge in [-0.05, 0) is 36.4 Å². The molecule has 1 amide bonds. The summed E-state index contributed by atoms with van der Waals surface area (Å²) >= 11 is 1.22. The van der Waals surface area contributed by atoms with Gasteiger partial charge in [0.05, 0.1) is 6.04 Å². The molecule has 0 aliphatic heterocycles. The van der Waals surface area contributed by atoms with Gasteiger partial charge in [0.1, 0.15) is 0 Å². The smallest absolute Gasteiger partial charge is 0.284 e. The fraction of sp³-hybridized carbons (Fsp3) is 0.133. The highest BCUT2D eigenvalue weighted by atomic mass is 32.2. The van der Waals surface area contributed by atoms with E-state index in [1.54, 1.807) is 0 Å². The maximum atomic E-state index is 11.8. The van der Waals surface area contributed by atoms with Gasteiger partial charge in [0.25, 0.3) is 5.24 Å². The maximum Gasteiger partial charge on any atom is 0.284 e. The van der Waals surface area contributed by atoms with Gasteiger partial charge in [-0.2, -0.15) is 0 Å². The molecule has 0 spiro atoms. The summed E-state index contributed by atoms with van der Waals surface area (Å²) in [5.74, 6) is 0. The number of hydrogen-bond donors (Lipinski definition) is 1. The molecule has 0 unspecified atom stereocenters. The van der Waals surface area contributed by atoms with Crippen molar-refractivity contribution in [3.05, 3.63) is 66.2 Å². The van der Waals surface area contributed by atoms with Crippen LogP contribution in [0.5, 0.6) is 0 Å². The average molecular weight is 257 g/mol. The number of amides is 1. The van der Waals surface area contributed by atoms with Crippen molar-refractivity contribution in [1.82, 2.24) is 5.32 Å². The van der Waals surface area contributed by atoms with Crippen LogP contribution in [-0.4, -0.2) is 5.24 Å². The molecule has 2 nitrogen and oxygen atoms in total. The quantitative estimate of drug-likeness (QED) is 0.833. The zero-order valence-corrected chi connectivity index (χ0v) is 11.0. The first kappa shape index (κ1) is 12.7. The Morgan fingerprint density at radius 2 is 1.56 bits per heavy atom. The number of nitrogens with one attached hydrogen (secondary N) is 1. The van der Waals surface area contributed by atoms with Crippen molar-refractivity contribution in [3.63, 3.8) is 0 Å². The molecule has 0 aliphatic rings. The van der Waals surface area contributed by atoms with E-state index >= 15 is 0 Å². The summed E-state index contributed by atoms with van der Waals surface area (Å²) in [7, 11) is 0. The van der Waals surface area contributed by atoms with Crippen LogP contribution in [0.3, 0.4) is 0 Å². The average Bonchev–Trinajstić information content (AvgIpc) is 2.40. The molecule has 0 aromatic heterocycles. The summed E-state index contributed by atoms with van der Waals surface area (Å²) in [5.41, 5.74) is 1.11. The Kier molecular flexibility index (Phi) is 4.42. The van der Waals surface area contributed by atoms with Crippen molar-refractivity contribution in [2.24, 2.45) is 0 Å². The van der Waals surface area contributed by atoms with Crippen molar-refractivity contribution in [2.45, 2.75) is 17.9 Å². The van der Waals surface area contributed by atoms with Crippen LogP contribution < -0.4 is 5.32 Å². The number of thioether (sulfide) groups is 1. The van der Waals surface area contributed by atoms with Crippen molar-refractivity contribution >= 4 is 17.0 Å². The van der Waals surface area contributed by atoms with E-state index in [2.05, 4.69) is 5.32 Å². The van der Waals surface area contributed by atoms with Crippen LogP contribution in [0, 0.1) is 0 Å². The van der Waals surface area contributed by atoms with E-state index in [-0.39, 0.29) is 11.3 Å².